The maximum atomic E-state index is 6.11. The van der Waals surface area contributed by atoms with Gasteiger partial charge in [0.1, 0.15) is 0 Å². The zero-order chi connectivity index (χ0) is 13.1. The number of rotatable bonds is 3. The van der Waals surface area contributed by atoms with Gasteiger partial charge in [0.15, 0.2) is 5.96 Å². The third kappa shape index (κ3) is 3.63. The van der Waals surface area contributed by atoms with Crippen molar-refractivity contribution in [3.63, 3.8) is 0 Å². The molecule has 1 aromatic carbocycles. The van der Waals surface area contributed by atoms with E-state index in [2.05, 4.69) is 46.5 Å². The topological polar surface area (TPSA) is 36.9 Å². The first-order valence-electron chi connectivity index (χ1n) is 7.03. The molecule has 0 bridgehead atoms. The molecule has 1 fully saturated rings. The first-order chi connectivity index (χ1) is 9.33. The van der Waals surface area contributed by atoms with Gasteiger partial charge < -0.3 is 15.0 Å². The molecule has 0 spiro atoms. The molecule has 2 heterocycles. The Bertz CT molecular complexity index is 452. The zero-order valence-corrected chi connectivity index (χ0v) is 14.1. The smallest absolute Gasteiger partial charge is 0.193 e. The first-order valence-corrected chi connectivity index (χ1v) is 7.03. The summed E-state index contributed by atoms with van der Waals surface area (Å²) in [5, 5.41) is 3.40. The highest BCUT2D eigenvalue weighted by Gasteiger charge is 2.26. The Balaban J connectivity index is 0.00000147. The average molecular weight is 387 g/mol. The van der Waals surface area contributed by atoms with Crippen molar-refractivity contribution in [3.8, 4) is 0 Å². The van der Waals surface area contributed by atoms with Crippen LogP contribution in [0.15, 0.2) is 35.3 Å². The fourth-order valence-corrected chi connectivity index (χ4v) is 2.70. The molecule has 1 N–H and O–H groups in total. The molecule has 0 amide bonds. The monoisotopic (exact) mass is 387 g/mol. The molecule has 0 aromatic heterocycles. The van der Waals surface area contributed by atoms with E-state index in [-0.39, 0.29) is 30.1 Å². The Labute approximate surface area is 137 Å². The van der Waals surface area contributed by atoms with Crippen LogP contribution in [-0.4, -0.2) is 43.6 Å². The third-order valence-electron chi connectivity index (χ3n) is 3.83. The molecular formula is C15H22IN3O. The first kappa shape index (κ1) is 15.6. The van der Waals surface area contributed by atoms with Crippen LogP contribution in [0, 0.1) is 0 Å². The molecule has 0 saturated carbocycles. The number of nitrogens with one attached hydrogen (secondary N) is 1. The SMILES string of the molecule is CN1CCN=C1NC[C@H]1CC[C@@H](c2ccccc2)O1.I. The van der Waals surface area contributed by atoms with Crippen molar-refractivity contribution < 1.29 is 4.74 Å². The molecule has 110 valence electrons. The summed E-state index contributed by atoms with van der Waals surface area (Å²) in [5.41, 5.74) is 1.29. The molecule has 0 aliphatic carbocycles. The maximum Gasteiger partial charge on any atom is 0.193 e. The Hall–Kier alpha value is -0.820. The molecule has 20 heavy (non-hydrogen) atoms. The van der Waals surface area contributed by atoms with Gasteiger partial charge in [-0.25, -0.2) is 0 Å². The number of nitrogens with zero attached hydrogens (tertiary/aromatic N) is 2. The molecular weight excluding hydrogens is 365 g/mol. The van der Waals surface area contributed by atoms with E-state index < -0.39 is 0 Å². The van der Waals surface area contributed by atoms with Gasteiger partial charge in [0.2, 0.25) is 0 Å². The second kappa shape index (κ2) is 7.26. The van der Waals surface area contributed by atoms with E-state index in [9.17, 15) is 0 Å². The number of guanidine groups is 1. The van der Waals surface area contributed by atoms with Crippen LogP contribution in [0.4, 0.5) is 0 Å². The maximum absolute atomic E-state index is 6.11. The summed E-state index contributed by atoms with van der Waals surface area (Å²) in [7, 11) is 2.07. The fourth-order valence-electron chi connectivity index (χ4n) is 2.70. The van der Waals surface area contributed by atoms with E-state index in [4.69, 9.17) is 4.74 Å². The Morgan fingerprint density at radius 3 is 2.80 bits per heavy atom. The van der Waals surface area contributed by atoms with Gasteiger partial charge in [0.05, 0.1) is 18.8 Å². The van der Waals surface area contributed by atoms with Crippen molar-refractivity contribution in [2.75, 3.05) is 26.7 Å². The minimum Gasteiger partial charge on any atom is -0.368 e. The summed E-state index contributed by atoms with van der Waals surface area (Å²) in [6.07, 6.45) is 2.78. The van der Waals surface area contributed by atoms with Gasteiger partial charge in [-0.05, 0) is 18.4 Å². The molecule has 3 rings (SSSR count). The van der Waals surface area contributed by atoms with Crippen molar-refractivity contribution in [1.29, 1.82) is 0 Å². The highest BCUT2D eigenvalue weighted by molar-refractivity contribution is 14.0. The predicted octanol–water partition coefficient (Wildman–Crippen LogP) is 2.42. The number of hydrogen-bond acceptors (Lipinski definition) is 4. The lowest BCUT2D eigenvalue weighted by atomic mass is 10.1. The fraction of sp³-hybridized carbons (Fsp3) is 0.533. The Kier molecular flexibility index (Phi) is 5.65. The van der Waals surface area contributed by atoms with Gasteiger partial charge in [0.25, 0.3) is 0 Å². The summed E-state index contributed by atoms with van der Waals surface area (Å²) < 4.78 is 6.11. The molecule has 1 saturated heterocycles. The van der Waals surface area contributed by atoms with Gasteiger partial charge in [-0.1, -0.05) is 30.3 Å². The quantitative estimate of drug-likeness (QED) is 0.810. The summed E-state index contributed by atoms with van der Waals surface area (Å²) >= 11 is 0. The Morgan fingerprint density at radius 1 is 1.30 bits per heavy atom. The normalized spacial score (nSPS) is 25.2. The van der Waals surface area contributed by atoms with E-state index >= 15 is 0 Å². The number of hydrogen-bond donors (Lipinski definition) is 1. The van der Waals surface area contributed by atoms with E-state index in [1.807, 2.05) is 6.07 Å². The summed E-state index contributed by atoms with van der Waals surface area (Å²) in [6, 6.07) is 10.5. The van der Waals surface area contributed by atoms with Crippen molar-refractivity contribution in [1.82, 2.24) is 10.2 Å². The van der Waals surface area contributed by atoms with Crippen LogP contribution in [0.1, 0.15) is 24.5 Å². The van der Waals surface area contributed by atoms with Crippen LogP contribution < -0.4 is 5.32 Å². The molecule has 1 aromatic rings. The van der Waals surface area contributed by atoms with E-state index in [0.717, 1.165) is 38.4 Å². The second-order valence-electron chi connectivity index (χ2n) is 5.24. The molecule has 0 radical (unpaired) electrons. The summed E-state index contributed by atoms with van der Waals surface area (Å²) in [6.45, 7) is 2.77. The standard InChI is InChI=1S/C15H21N3O.HI/c1-18-10-9-16-15(18)17-11-13-7-8-14(19-13)12-5-3-2-4-6-12;/h2-6,13-14H,7-11H2,1H3,(H,16,17);1H/t13-,14+;/m1./s1. The van der Waals surface area contributed by atoms with Gasteiger partial charge in [0, 0.05) is 20.1 Å². The van der Waals surface area contributed by atoms with Crippen molar-refractivity contribution in [2.24, 2.45) is 4.99 Å². The molecule has 2 aliphatic heterocycles. The highest BCUT2D eigenvalue weighted by Crippen LogP contribution is 2.32. The number of halogens is 1. The lowest BCUT2D eigenvalue weighted by Crippen LogP contribution is -2.39. The van der Waals surface area contributed by atoms with E-state index in [1.54, 1.807) is 0 Å². The molecule has 0 unspecified atom stereocenters. The summed E-state index contributed by atoms with van der Waals surface area (Å²) in [4.78, 5) is 6.59. The minimum atomic E-state index is 0. The predicted molar refractivity (Wildman–Crippen MR) is 91.6 cm³/mol. The molecule has 4 nitrogen and oxygen atoms in total. The average Bonchev–Trinajstić information content (AvgIpc) is 3.06. The van der Waals surface area contributed by atoms with E-state index in [1.165, 1.54) is 5.56 Å². The second-order valence-corrected chi connectivity index (χ2v) is 5.24. The van der Waals surface area contributed by atoms with Crippen molar-refractivity contribution in [3.05, 3.63) is 35.9 Å². The number of ether oxygens (including phenoxy) is 1. The lowest BCUT2D eigenvalue weighted by molar-refractivity contribution is 0.0471. The number of benzene rings is 1. The third-order valence-corrected chi connectivity index (χ3v) is 3.83. The number of likely N-dealkylation sites (N-methyl/N-ethyl adjacent to an activating group) is 1. The van der Waals surface area contributed by atoms with Crippen LogP contribution in [0.3, 0.4) is 0 Å². The minimum absolute atomic E-state index is 0. The highest BCUT2D eigenvalue weighted by atomic mass is 127. The molecule has 5 heteroatoms. The van der Waals surface area contributed by atoms with Crippen molar-refractivity contribution in [2.45, 2.75) is 25.0 Å². The van der Waals surface area contributed by atoms with Gasteiger partial charge >= 0.3 is 0 Å². The largest absolute Gasteiger partial charge is 0.368 e. The van der Waals surface area contributed by atoms with Gasteiger partial charge in [-0.2, -0.15) is 0 Å². The van der Waals surface area contributed by atoms with Crippen LogP contribution in [-0.2, 0) is 4.74 Å². The lowest BCUT2D eigenvalue weighted by Gasteiger charge is -2.18. The van der Waals surface area contributed by atoms with Crippen LogP contribution in [0.2, 0.25) is 0 Å². The van der Waals surface area contributed by atoms with Crippen LogP contribution in [0.5, 0.6) is 0 Å². The van der Waals surface area contributed by atoms with E-state index in [0.29, 0.717) is 6.10 Å². The van der Waals surface area contributed by atoms with Crippen LogP contribution >= 0.6 is 24.0 Å². The molecule has 2 atom stereocenters. The summed E-state index contributed by atoms with van der Waals surface area (Å²) in [5.74, 6) is 1.01. The Morgan fingerprint density at radius 2 is 2.10 bits per heavy atom. The zero-order valence-electron chi connectivity index (χ0n) is 11.8. The van der Waals surface area contributed by atoms with Crippen LogP contribution in [0.25, 0.3) is 0 Å². The number of aliphatic imine (C=N–C) groups is 1. The van der Waals surface area contributed by atoms with Gasteiger partial charge in [-0.15, -0.1) is 24.0 Å². The van der Waals surface area contributed by atoms with Gasteiger partial charge in [-0.3, -0.25) is 4.99 Å². The molecule has 2 aliphatic rings. The van der Waals surface area contributed by atoms with Crippen molar-refractivity contribution >= 4 is 29.9 Å².